The molecule has 0 aliphatic carbocycles. The molecule has 10 heteroatoms. The van der Waals surface area contributed by atoms with Gasteiger partial charge < -0.3 is 18.9 Å². The van der Waals surface area contributed by atoms with Gasteiger partial charge in [0.05, 0.1) is 27.7 Å². The van der Waals surface area contributed by atoms with E-state index in [0.717, 1.165) is 57.8 Å². The van der Waals surface area contributed by atoms with Crippen molar-refractivity contribution >= 4 is 19.8 Å². The van der Waals surface area contributed by atoms with E-state index in [2.05, 4.69) is 62.5 Å². The van der Waals surface area contributed by atoms with E-state index in [1.807, 2.05) is 21.1 Å². The van der Waals surface area contributed by atoms with Gasteiger partial charge in [-0.1, -0.05) is 351 Å². The molecule has 0 fully saturated rings. The predicted octanol–water partition coefficient (Wildman–Crippen LogP) is 24.0. The van der Waals surface area contributed by atoms with E-state index in [4.69, 9.17) is 18.5 Å². The van der Waals surface area contributed by atoms with Crippen molar-refractivity contribution in [1.29, 1.82) is 0 Å². The van der Waals surface area contributed by atoms with Crippen LogP contribution in [-0.4, -0.2) is 74.9 Å². The molecule has 0 heterocycles. The lowest BCUT2D eigenvalue weighted by molar-refractivity contribution is -0.870. The fourth-order valence-corrected chi connectivity index (χ4v) is 11.8. The number of esters is 2. The normalized spacial score (nSPS) is 13.3. The van der Waals surface area contributed by atoms with Crippen LogP contribution in [0.1, 0.15) is 367 Å². The van der Waals surface area contributed by atoms with Crippen LogP contribution in [-0.2, 0) is 32.7 Å². The molecule has 1 N–H and O–H groups in total. The number of carbonyl (C=O) groups excluding carboxylic acids is 2. The number of ether oxygens (including phenoxy) is 2. The number of hydrogen-bond donors (Lipinski definition) is 1. The van der Waals surface area contributed by atoms with Crippen molar-refractivity contribution in [2.75, 3.05) is 47.5 Å². The molecule has 0 aromatic carbocycles. The molecular weight excluding hydrogens is 1070 g/mol. The summed E-state index contributed by atoms with van der Waals surface area (Å²) in [6.45, 7) is 4.40. The van der Waals surface area contributed by atoms with E-state index < -0.39 is 26.5 Å². The van der Waals surface area contributed by atoms with E-state index in [1.54, 1.807) is 0 Å². The summed E-state index contributed by atoms with van der Waals surface area (Å²) >= 11 is 0. The highest BCUT2D eigenvalue weighted by Crippen LogP contribution is 2.43. The van der Waals surface area contributed by atoms with Crippen molar-refractivity contribution in [1.82, 2.24) is 0 Å². The Kier molecular flexibility index (Phi) is 64.8. The zero-order chi connectivity index (χ0) is 61.9. The van der Waals surface area contributed by atoms with Crippen LogP contribution >= 0.6 is 7.82 Å². The molecule has 2 atom stereocenters. The molecule has 0 saturated heterocycles. The Labute approximate surface area is 528 Å². The van der Waals surface area contributed by atoms with Gasteiger partial charge in [0.25, 0.3) is 0 Å². The minimum absolute atomic E-state index is 0.0352. The van der Waals surface area contributed by atoms with Crippen molar-refractivity contribution < 1.29 is 42.1 Å². The summed E-state index contributed by atoms with van der Waals surface area (Å²) in [7, 11) is 1.50. The maximum absolute atomic E-state index is 12.9. The van der Waals surface area contributed by atoms with E-state index >= 15 is 0 Å². The lowest BCUT2D eigenvalue weighted by Gasteiger charge is -2.24. The maximum Gasteiger partial charge on any atom is 0.472 e. The van der Waals surface area contributed by atoms with Crippen LogP contribution in [0.5, 0.6) is 0 Å². The first-order valence-electron chi connectivity index (χ1n) is 36.9. The van der Waals surface area contributed by atoms with Crippen molar-refractivity contribution in [2.24, 2.45) is 0 Å². The van der Waals surface area contributed by atoms with Crippen LogP contribution < -0.4 is 0 Å². The minimum atomic E-state index is -4.39. The fraction of sp³-hybridized carbons (Fsp3) is 0.867. The van der Waals surface area contributed by atoms with Gasteiger partial charge in [0, 0.05) is 12.8 Å². The number of nitrogens with zero attached hydrogens (tertiary/aromatic N) is 1. The van der Waals surface area contributed by atoms with E-state index in [0.29, 0.717) is 23.9 Å². The molecule has 2 unspecified atom stereocenters. The number of allylic oxidation sites excluding steroid dienone is 8. The average molecular weight is 1220 g/mol. The zero-order valence-electron chi connectivity index (χ0n) is 57.1. The molecule has 0 rings (SSSR count). The first-order valence-corrected chi connectivity index (χ1v) is 38.4. The lowest BCUT2D eigenvalue weighted by Crippen LogP contribution is -2.37. The van der Waals surface area contributed by atoms with Crippen molar-refractivity contribution in [3.05, 3.63) is 48.6 Å². The summed E-state index contributed by atoms with van der Waals surface area (Å²) in [5.74, 6) is -0.773. The second-order valence-electron chi connectivity index (χ2n) is 26.3. The quantitative estimate of drug-likeness (QED) is 0.0211. The van der Waals surface area contributed by atoms with Crippen molar-refractivity contribution in [3.63, 3.8) is 0 Å². The van der Waals surface area contributed by atoms with Gasteiger partial charge in [-0.3, -0.25) is 18.6 Å². The van der Waals surface area contributed by atoms with Crippen molar-refractivity contribution in [2.45, 2.75) is 373 Å². The molecule has 0 radical (unpaired) electrons. The van der Waals surface area contributed by atoms with Gasteiger partial charge in [-0.25, -0.2) is 4.57 Å². The Morgan fingerprint density at radius 3 is 1.00 bits per heavy atom. The van der Waals surface area contributed by atoms with Crippen LogP contribution in [0.4, 0.5) is 0 Å². The van der Waals surface area contributed by atoms with Crippen LogP contribution in [0.2, 0.25) is 0 Å². The molecular formula is C75H143NO8P+. The molecule has 0 bridgehead atoms. The number of hydrogen-bond acceptors (Lipinski definition) is 7. The van der Waals surface area contributed by atoms with E-state index in [1.165, 1.54) is 276 Å². The second-order valence-corrected chi connectivity index (χ2v) is 27.8. The first kappa shape index (κ1) is 83.0. The Bertz CT molecular complexity index is 1570. The van der Waals surface area contributed by atoms with Gasteiger partial charge in [-0.2, -0.15) is 0 Å². The smallest absolute Gasteiger partial charge is 0.462 e. The minimum Gasteiger partial charge on any atom is -0.462 e. The third-order valence-electron chi connectivity index (χ3n) is 16.6. The summed E-state index contributed by atoms with van der Waals surface area (Å²) in [4.78, 5) is 35.9. The highest BCUT2D eigenvalue weighted by atomic mass is 31.2. The number of quaternary nitrogens is 1. The average Bonchev–Trinajstić information content (AvgIpc) is 3.50. The zero-order valence-corrected chi connectivity index (χ0v) is 58.0. The predicted molar refractivity (Wildman–Crippen MR) is 367 cm³/mol. The maximum atomic E-state index is 12.9. The molecule has 0 spiro atoms. The highest BCUT2D eigenvalue weighted by Gasteiger charge is 2.27. The van der Waals surface area contributed by atoms with Gasteiger partial charge in [0.1, 0.15) is 19.8 Å². The molecule has 0 aromatic rings. The van der Waals surface area contributed by atoms with Crippen molar-refractivity contribution in [3.8, 4) is 0 Å². The van der Waals surface area contributed by atoms with Gasteiger partial charge >= 0.3 is 19.8 Å². The second kappa shape index (κ2) is 66.4. The molecule has 500 valence electrons. The van der Waals surface area contributed by atoms with Crippen LogP contribution in [0.3, 0.4) is 0 Å². The summed E-state index contributed by atoms with van der Waals surface area (Å²) in [6.07, 6.45) is 86.7. The van der Waals surface area contributed by atoms with Gasteiger partial charge in [-0.15, -0.1) is 0 Å². The summed E-state index contributed by atoms with van der Waals surface area (Å²) < 4.78 is 34.8. The topological polar surface area (TPSA) is 108 Å². The Morgan fingerprint density at radius 2 is 0.671 bits per heavy atom. The fourth-order valence-electron chi connectivity index (χ4n) is 11.0. The van der Waals surface area contributed by atoms with E-state index in [9.17, 15) is 19.0 Å². The standard InChI is InChI=1S/C75H142NO8P/c1-6-8-10-12-14-16-18-20-22-24-26-28-30-32-33-34-35-36-37-38-39-40-41-42-43-44-46-48-50-52-54-56-58-60-62-64-66-68-75(78)84-73(72-83-85(79,80)82-70-69-76(3,4)5)71-81-74(77)67-65-63-61-59-57-55-53-51-49-47-45-31-29-27-25-23-21-19-17-15-13-11-9-7-2/h8,10,14,16,20,22,26,28,73H,6-7,9,11-13,15,17-19,21,23-25,27,29-72H2,1-5H3/p+1/b10-8-,16-14-,22-20-,28-26-. The molecule has 85 heavy (non-hydrogen) atoms. The third kappa shape index (κ3) is 70.9. The summed E-state index contributed by atoms with van der Waals surface area (Å²) in [6, 6.07) is 0. The summed E-state index contributed by atoms with van der Waals surface area (Å²) in [5, 5.41) is 0. The number of unbranched alkanes of at least 4 members (excludes halogenated alkanes) is 47. The largest absolute Gasteiger partial charge is 0.472 e. The number of likely N-dealkylation sites (N-methyl/N-ethyl adjacent to an activating group) is 1. The van der Waals surface area contributed by atoms with Crippen LogP contribution in [0.15, 0.2) is 48.6 Å². The summed E-state index contributed by atoms with van der Waals surface area (Å²) in [5.41, 5.74) is 0. The molecule has 0 amide bonds. The Balaban J connectivity index is 3.93. The van der Waals surface area contributed by atoms with Gasteiger partial charge in [0.2, 0.25) is 0 Å². The first-order chi connectivity index (χ1) is 41.5. The Morgan fingerprint density at radius 1 is 0.376 bits per heavy atom. The Hall–Kier alpha value is -2.03. The number of phosphoric ester groups is 1. The molecule has 0 aliphatic heterocycles. The molecule has 0 aromatic heterocycles. The lowest BCUT2D eigenvalue weighted by atomic mass is 10.0. The monoisotopic (exact) mass is 1220 g/mol. The van der Waals surface area contributed by atoms with Gasteiger partial charge in [-0.05, 0) is 51.4 Å². The molecule has 9 nitrogen and oxygen atoms in total. The number of rotatable bonds is 69. The van der Waals surface area contributed by atoms with Crippen LogP contribution in [0, 0.1) is 0 Å². The van der Waals surface area contributed by atoms with Crippen LogP contribution in [0.25, 0.3) is 0 Å². The third-order valence-corrected chi connectivity index (χ3v) is 17.6. The molecule has 0 saturated carbocycles. The SMILES string of the molecule is CC/C=C\C/C=C\C/C=C\C/C=C\CCCCCCCCCCCCCCCCCCCCCCCCCCC(=O)OC(COC(=O)CCCCCCCCCCCCCCCCCCCCCCCCCC)COP(=O)(O)OCC[N+](C)(C)C. The van der Waals surface area contributed by atoms with E-state index in [-0.39, 0.29) is 25.6 Å². The number of phosphoric acid groups is 1. The highest BCUT2D eigenvalue weighted by molar-refractivity contribution is 7.47. The molecule has 0 aliphatic rings. The number of carbonyl (C=O) groups is 2. The van der Waals surface area contributed by atoms with Gasteiger partial charge in [0.15, 0.2) is 6.10 Å².